The minimum Gasteiger partial charge on any atom is -0.375 e. The number of hydrogen-bond acceptors (Lipinski definition) is 3. The monoisotopic (exact) mass is 284 g/mol. The van der Waals surface area contributed by atoms with E-state index >= 15 is 0 Å². The molecule has 0 aromatic carbocycles. The Kier molecular flexibility index (Phi) is 6.96. The van der Waals surface area contributed by atoms with E-state index in [-0.39, 0.29) is 23.5 Å². The van der Waals surface area contributed by atoms with E-state index in [4.69, 9.17) is 10.5 Å². The third-order valence-corrected chi connectivity index (χ3v) is 4.54. The second-order valence-electron chi connectivity index (χ2n) is 6.50. The van der Waals surface area contributed by atoms with Gasteiger partial charge in [0.25, 0.3) is 0 Å². The Morgan fingerprint density at radius 1 is 1.40 bits per heavy atom. The molecule has 3 N–H and O–H groups in total. The highest BCUT2D eigenvalue weighted by atomic mass is 16.5. The molecule has 0 spiro atoms. The average Bonchev–Trinajstić information content (AvgIpc) is 2.44. The van der Waals surface area contributed by atoms with Crippen molar-refractivity contribution in [2.75, 3.05) is 13.2 Å². The van der Waals surface area contributed by atoms with Gasteiger partial charge in [0.2, 0.25) is 5.91 Å². The molecule has 1 aliphatic heterocycles. The Labute approximate surface area is 123 Å². The van der Waals surface area contributed by atoms with Gasteiger partial charge in [-0.15, -0.1) is 0 Å². The molecule has 1 aliphatic rings. The van der Waals surface area contributed by atoms with Crippen LogP contribution in [0.3, 0.4) is 0 Å². The predicted molar refractivity (Wildman–Crippen MR) is 82.4 cm³/mol. The van der Waals surface area contributed by atoms with Crippen molar-refractivity contribution in [1.29, 1.82) is 0 Å². The maximum absolute atomic E-state index is 12.3. The Morgan fingerprint density at radius 2 is 2.05 bits per heavy atom. The predicted octanol–water partition coefficient (Wildman–Crippen LogP) is 2.46. The summed E-state index contributed by atoms with van der Waals surface area (Å²) in [6.45, 7) is 9.75. The van der Waals surface area contributed by atoms with E-state index in [1.165, 1.54) is 0 Å². The maximum atomic E-state index is 12.3. The molecule has 1 heterocycles. The smallest absolute Gasteiger partial charge is 0.224 e. The van der Waals surface area contributed by atoms with E-state index < -0.39 is 0 Å². The highest BCUT2D eigenvalue weighted by molar-refractivity contribution is 5.79. The van der Waals surface area contributed by atoms with Gasteiger partial charge in [0.1, 0.15) is 0 Å². The third-order valence-electron chi connectivity index (χ3n) is 4.54. The number of rotatable bonds is 7. The summed E-state index contributed by atoms with van der Waals surface area (Å²) in [7, 11) is 0. The summed E-state index contributed by atoms with van der Waals surface area (Å²) in [5, 5.41) is 3.20. The quantitative estimate of drug-likeness (QED) is 0.755. The number of carbonyl (C=O) groups excluding carboxylic acids is 1. The average molecular weight is 284 g/mol. The van der Waals surface area contributed by atoms with Gasteiger partial charge in [0, 0.05) is 19.2 Å². The van der Waals surface area contributed by atoms with Crippen LogP contribution in [-0.2, 0) is 9.53 Å². The van der Waals surface area contributed by atoms with Gasteiger partial charge in [-0.05, 0) is 38.0 Å². The molecule has 4 nitrogen and oxygen atoms in total. The zero-order valence-electron chi connectivity index (χ0n) is 13.6. The standard InChI is InChI=1S/C16H32N2O2/c1-5-16(6-2)10-14(7-8-20-16)18-15(19)13(11-17)9-12(3)4/h12-14H,5-11,17H2,1-4H3,(H,18,19). The first-order valence-corrected chi connectivity index (χ1v) is 8.10. The van der Waals surface area contributed by atoms with Crippen molar-refractivity contribution in [3.8, 4) is 0 Å². The molecule has 0 aromatic heterocycles. The lowest BCUT2D eigenvalue weighted by molar-refractivity contribution is -0.129. The van der Waals surface area contributed by atoms with Crippen molar-refractivity contribution in [3.63, 3.8) is 0 Å². The van der Waals surface area contributed by atoms with Crippen LogP contribution in [0.5, 0.6) is 0 Å². The number of carbonyl (C=O) groups is 1. The van der Waals surface area contributed by atoms with Gasteiger partial charge in [-0.25, -0.2) is 0 Å². The fraction of sp³-hybridized carbons (Fsp3) is 0.938. The molecule has 0 aliphatic carbocycles. The van der Waals surface area contributed by atoms with Crippen molar-refractivity contribution in [2.24, 2.45) is 17.6 Å². The van der Waals surface area contributed by atoms with E-state index in [0.29, 0.717) is 12.5 Å². The minimum absolute atomic E-state index is 0.0492. The Hall–Kier alpha value is -0.610. The minimum atomic E-state index is -0.0597. The summed E-state index contributed by atoms with van der Waals surface area (Å²) in [4.78, 5) is 12.3. The van der Waals surface area contributed by atoms with Crippen molar-refractivity contribution in [3.05, 3.63) is 0 Å². The number of hydrogen-bond donors (Lipinski definition) is 2. The highest BCUT2D eigenvalue weighted by Crippen LogP contribution is 2.31. The van der Waals surface area contributed by atoms with Crippen LogP contribution < -0.4 is 11.1 Å². The van der Waals surface area contributed by atoms with E-state index in [1.807, 2.05) is 0 Å². The van der Waals surface area contributed by atoms with E-state index in [0.717, 1.165) is 38.7 Å². The lowest BCUT2D eigenvalue weighted by Gasteiger charge is -2.40. The molecule has 0 bridgehead atoms. The van der Waals surface area contributed by atoms with Gasteiger partial charge >= 0.3 is 0 Å². The second kappa shape index (κ2) is 7.99. The molecular weight excluding hydrogens is 252 g/mol. The maximum Gasteiger partial charge on any atom is 0.224 e. The van der Waals surface area contributed by atoms with Crippen molar-refractivity contribution in [2.45, 2.75) is 71.4 Å². The largest absolute Gasteiger partial charge is 0.375 e. The first-order chi connectivity index (χ1) is 9.46. The van der Waals surface area contributed by atoms with Crippen LogP contribution in [0.25, 0.3) is 0 Å². The van der Waals surface area contributed by atoms with Crippen molar-refractivity contribution in [1.82, 2.24) is 5.32 Å². The fourth-order valence-electron chi connectivity index (χ4n) is 3.09. The van der Waals surface area contributed by atoms with Gasteiger partial charge in [-0.3, -0.25) is 4.79 Å². The topological polar surface area (TPSA) is 64.4 Å². The first-order valence-electron chi connectivity index (χ1n) is 8.10. The zero-order valence-corrected chi connectivity index (χ0v) is 13.6. The van der Waals surface area contributed by atoms with Gasteiger partial charge in [0.15, 0.2) is 0 Å². The number of nitrogens with one attached hydrogen (secondary N) is 1. The summed E-state index contributed by atoms with van der Waals surface area (Å²) in [6, 6.07) is 0.234. The normalized spacial score (nSPS) is 23.6. The Balaban J connectivity index is 2.56. The lowest BCUT2D eigenvalue weighted by Crippen LogP contribution is -2.50. The van der Waals surface area contributed by atoms with Crippen LogP contribution in [0.4, 0.5) is 0 Å². The molecule has 0 saturated carbocycles. The van der Waals surface area contributed by atoms with Crippen LogP contribution in [0.15, 0.2) is 0 Å². The summed E-state index contributed by atoms with van der Waals surface area (Å²) in [6.07, 6.45) is 4.69. The molecule has 1 saturated heterocycles. The molecular formula is C16H32N2O2. The van der Waals surface area contributed by atoms with Gasteiger partial charge in [-0.2, -0.15) is 0 Å². The molecule has 0 radical (unpaired) electrons. The SMILES string of the molecule is CCC1(CC)CC(NC(=O)C(CN)CC(C)C)CCO1. The number of amides is 1. The first kappa shape index (κ1) is 17.4. The molecule has 20 heavy (non-hydrogen) atoms. The molecule has 2 atom stereocenters. The zero-order chi connectivity index (χ0) is 15.2. The van der Waals surface area contributed by atoms with Crippen LogP contribution in [0, 0.1) is 11.8 Å². The molecule has 2 unspecified atom stereocenters. The molecule has 1 fully saturated rings. The molecule has 4 heteroatoms. The van der Waals surface area contributed by atoms with Gasteiger partial charge < -0.3 is 15.8 Å². The van der Waals surface area contributed by atoms with Gasteiger partial charge in [0.05, 0.1) is 11.5 Å². The van der Waals surface area contributed by atoms with Gasteiger partial charge in [-0.1, -0.05) is 27.7 Å². The summed E-state index contributed by atoms with van der Waals surface area (Å²) in [5.74, 6) is 0.555. The Bertz CT molecular complexity index is 301. The van der Waals surface area contributed by atoms with Crippen LogP contribution >= 0.6 is 0 Å². The summed E-state index contributed by atoms with van der Waals surface area (Å²) in [5.41, 5.74) is 5.70. The second-order valence-corrected chi connectivity index (χ2v) is 6.50. The lowest BCUT2D eigenvalue weighted by atomic mass is 9.85. The number of nitrogens with two attached hydrogens (primary N) is 1. The summed E-state index contributed by atoms with van der Waals surface area (Å²) < 4.78 is 5.95. The molecule has 0 aromatic rings. The third kappa shape index (κ3) is 4.74. The van der Waals surface area contributed by atoms with Crippen LogP contribution in [0.2, 0.25) is 0 Å². The van der Waals surface area contributed by atoms with Crippen LogP contribution in [-0.4, -0.2) is 30.7 Å². The van der Waals surface area contributed by atoms with Crippen molar-refractivity contribution < 1.29 is 9.53 Å². The van der Waals surface area contributed by atoms with Crippen molar-refractivity contribution >= 4 is 5.91 Å². The number of ether oxygens (including phenoxy) is 1. The highest BCUT2D eigenvalue weighted by Gasteiger charge is 2.35. The molecule has 118 valence electrons. The van der Waals surface area contributed by atoms with Crippen LogP contribution in [0.1, 0.15) is 59.8 Å². The Morgan fingerprint density at radius 3 is 2.55 bits per heavy atom. The molecule has 1 rings (SSSR count). The van der Waals surface area contributed by atoms with E-state index in [1.54, 1.807) is 0 Å². The van der Waals surface area contributed by atoms with E-state index in [2.05, 4.69) is 33.0 Å². The summed E-state index contributed by atoms with van der Waals surface area (Å²) >= 11 is 0. The molecule has 1 amide bonds. The fourth-order valence-corrected chi connectivity index (χ4v) is 3.09. The van der Waals surface area contributed by atoms with E-state index in [9.17, 15) is 4.79 Å².